The normalized spacial score (nSPS) is 11.2. The summed E-state index contributed by atoms with van der Waals surface area (Å²) in [4.78, 5) is 0. The fraction of sp³-hybridized carbons (Fsp3) is 0.308. The summed E-state index contributed by atoms with van der Waals surface area (Å²) in [5, 5.41) is 4.34. The number of benzene rings is 1. The Morgan fingerprint density at radius 1 is 1.18 bits per heavy atom. The van der Waals surface area contributed by atoms with Crippen LogP contribution in [0, 0.1) is 11.6 Å². The van der Waals surface area contributed by atoms with Crippen molar-refractivity contribution in [2.45, 2.75) is 19.8 Å². The SMILES string of the molecule is CC(C)c1nn(C)cc1-c1ccc(F)c(F)c1. The number of aromatic nitrogens is 2. The average molecular weight is 236 g/mol. The Bertz CT molecular complexity index is 544. The highest BCUT2D eigenvalue weighted by molar-refractivity contribution is 5.65. The molecule has 1 heterocycles. The summed E-state index contributed by atoms with van der Waals surface area (Å²) in [5.74, 6) is -1.43. The largest absolute Gasteiger partial charge is 0.275 e. The molecule has 0 saturated carbocycles. The van der Waals surface area contributed by atoms with Crippen LogP contribution in [-0.4, -0.2) is 9.78 Å². The van der Waals surface area contributed by atoms with Gasteiger partial charge in [-0.3, -0.25) is 4.68 Å². The molecule has 0 aliphatic heterocycles. The van der Waals surface area contributed by atoms with Gasteiger partial charge in [0.2, 0.25) is 0 Å². The predicted molar refractivity (Wildman–Crippen MR) is 62.6 cm³/mol. The highest BCUT2D eigenvalue weighted by Gasteiger charge is 2.14. The molecule has 0 aliphatic rings. The third-order valence-corrected chi connectivity index (χ3v) is 2.63. The Morgan fingerprint density at radius 3 is 2.47 bits per heavy atom. The first kappa shape index (κ1) is 11.8. The summed E-state index contributed by atoms with van der Waals surface area (Å²) in [6, 6.07) is 3.92. The van der Waals surface area contributed by atoms with Crippen LogP contribution in [0.2, 0.25) is 0 Å². The second-order valence-electron chi connectivity index (χ2n) is 4.39. The lowest BCUT2D eigenvalue weighted by Gasteiger charge is -2.05. The zero-order valence-corrected chi connectivity index (χ0v) is 10.0. The molecule has 0 unspecified atom stereocenters. The average Bonchev–Trinajstić information content (AvgIpc) is 2.64. The number of rotatable bonds is 2. The lowest BCUT2D eigenvalue weighted by Crippen LogP contribution is -1.94. The first-order valence-electron chi connectivity index (χ1n) is 5.48. The van der Waals surface area contributed by atoms with Gasteiger partial charge in [-0.2, -0.15) is 5.10 Å². The van der Waals surface area contributed by atoms with E-state index < -0.39 is 11.6 Å². The molecular formula is C13H14F2N2. The van der Waals surface area contributed by atoms with Crippen molar-refractivity contribution in [1.82, 2.24) is 9.78 Å². The Kier molecular flexibility index (Phi) is 2.96. The molecule has 0 amide bonds. The summed E-state index contributed by atoms with van der Waals surface area (Å²) < 4.78 is 27.8. The molecular weight excluding hydrogens is 222 g/mol. The molecule has 2 nitrogen and oxygen atoms in total. The van der Waals surface area contributed by atoms with Crippen molar-refractivity contribution in [3.05, 3.63) is 41.7 Å². The molecule has 0 saturated heterocycles. The van der Waals surface area contributed by atoms with E-state index in [1.807, 2.05) is 27.1 Å². The van der Waals surface area contributed by atoms with Crippen LogP contribution in [0.15, 0.2) is 24.4 Å². The van der Waals surface area contributed by atoms with Gasteiger partial charge in [-0.05, 0) is 23.6 Å². The van der Waals surface area contributed by atoms with E-state index in [2.05, 4.69) is 5.10 Å². The number of aryl methyl sites for hydroxylation is 1. The number of halogens is 2. The van der Waals surface area contributed by atoms with E-state index in [0.717, 1.165) is 17.3 Å². The summed E-state index contributed by atoms with van der Waals surface area (Å²) in [6.07, 6.45) is 1.82. The molecule has 0 atom stereocenters. The molecule has 0 radical (unpaired) electrons. The minimum absolute atomic E-state index is 0.235. The molecule has 2 rings (SSSR count). The van der Waals surface area contributed by atoms with Gasteiger partial charge in [-0.15, -0.1) is 0 Å². The van der Waals surface area contributed by atoms with Crippen LogP contribution in [0.4, 0.5) is 8.78 Å². The Hall–Kier alpha value is -1.71. The summed E-state index contributed by atoms with van der Waals surface area (Å²) in [5.41, 5.74) is 2.39. The summed E-state index contributed by atoms with van der Waals surface area (Å²) in [6.45, 7) is 4.04. The molecule has 0 fully saturated rings. The lowest BCUT2D eigenvalue weighted by molar-refractivity contribution is 0.509. The van der Waals surface area contributed by atoms with Crippen molar-refractivity contribution in [3.63, 3.8) is 0 Å². The molecule has 0 N–H and O–H groups in total. The van der Waals surface area contributed by atoms with Crippen LogP contribution in [0.1, 0.15) is 25.5 Å². The van der Waals surface area contributed by atoms with Gasteiger partial charge in [-0.1, -0.05) is 19.9 Å². The topological polar surface area (TPSA) is 17.8 Å². The molecule has 4 heteroatoms. The smallest absolute Gasteiger partial charge is 0.159 e. The summed E-state index contributed by atoms with van der Waals surface area (Å²) >= 11 is 0. The first-order valence-corrected chi connectivity index (χ1v) is 5.48. The van der Waals surface area contributed by atoms with Crippen LogP contribution < -0.4 is 0 Å². The van der Waals surface area contributed by atoms with Gasteiger partial charge in [0.25, 0.3) is 0 Å². The van der Waals surface area contributed by atoms with Gasteiger partial charge >= 0.3 is 0 Å². The van der Waals surface area contributed by atoms with Crippen molar-refractivity contribution >= 4 is 0 Å². The third-order valence-electron chi connectivity index (χ3n) is 2.63. The molecule has 0 aliphatic carbocycles. The molecule has 0 spiro atoms. The van der Waals surface area contributed by atoms with Gasteiger partial charge in [0.1, 0.15) is 0 Å². The highest BCUT2D eigenvalue weighted by atomic mass is 19.2. The quantitative estimate of drug-likeness (QED) is 0.780. The fourth-order valence-electron chi connectivity index (χ4n) is 1.82. The predicted octanol–water partition coefficient (Wildman–Crippen LogP) is 3.49. The molecule has 0 bridgehead atoms. The fourth-order valence-corrected chi connectivity index (χ4v) is 1.82. The lowest BCUT2D eigenvalue weighted by atomic mass is 10.00. The van der Waals surface area contributed by atoms with Crippen LogP contribution in [0.3, 0.4) is 0 Å². The first-order chi connectivity index (χ1) is 7.99. The van der Waals surface area contributed by atoms with Crippen LogP contribution in [-0.2, 0) is 7.05 Å². The zero-order valence-electron chi connectivity index (χ0n) is 10.0. The van der Waals surface area contributed by atoms with E-state index in [4.69, 9.17) is 0 Å². The zero-order chi connectivity index (χ0) is 12.6. The second kappa shape index (κ2) is 4.28. The van der Waals surface area contributed by atoms with Gasteiger partial charge in [-0.25, -0.2) is 8.78 Å². The monoisotopic (exact) mass is 236 g/mol. The third kappa shape index (κ3) is 2.20. The van der Waals surface area contributed by atoms with Crippen LogP contribution in [0.5, 0.6) is 0 Å². The van der Waals surface area contributed by atoms with E-state index in [9.17, 15) is 8.78 Å². The highest BCUT2D eigenvalue weighted by Crippen LogP contribution is 2.28. The Labute approximate surface area is 98.9 Å². The maximum Gasteiger partial charge on any atom is 0.159 e. The maximum absolute atomic E-state index is 13.2. The van der Waals surface area contributed by atoms with E-state index in [1.54, 1.807) is 10.7 Å². The standard InChI is InChI=1S/C13H14F2N2/c1-8(2)13-10(7-17(3)16-13)9-4-5-11(14)12(15)6-9/h4-8H,1-3H3. The minimum Gasteiger partial charge on any atom is -0.275 e. The summed E-state index contributed by atoms with van der Waals surface area (Å²) in [7, 11) is 1.81. The maximum atomic E-state index is 13.2. The van der Waals surface area contributed by atoms with Crippen molar-refractivity contribution in [1.29, 1.82) is 0 Å². The van der Waals surface area contributed by atoms with E-state index in [-0.39, 0.29) is 5.92 Å². The van der Waals surface area contributed by atoms with E-state index in [1.165, 1.54) is 6.07 Å². The molecule has 17 heavy (non-hydrogen) atoms. The molecule has 1 aromatic heterocycles. The van der Waals surface area contributed by atoms with Crippen LogP contribution >= 0.6 is 0 Å². The molecule has 90 valence electrons. The Morgan fingerprint density at radius 2 is 1.88 bits per heavy atom. The Balaban J connectivity index is 2.55. The van der Waals surface area contributed by atoms with Crippen molar-refractivity contribution in [2.24, 2.45) is 7.05 Å². The second-order valence-corrected chi connectivity index (χ2v) is 4.39. The van der Waals surface area contributed by atoms with Crippen molar-refractivity contribution < 1.29 is 8.78 Å². The van der Waals surface area contributed by atoms with Crippen molar-refractivity contribution in [2.75, 3.05) is 0 Å². The number of nitrogens with zero attached hydrogens (tertiary/aromatic N) is 2. The van der Waals surface area contributed by atoms with Gasteiger partial charge in [0.15, 0.2) is 11.6 Å². The van der Waals surface area contributed by atoms with Crippen molar-refractivity contribution in [3.8, 4) is 11.1 Å². The molecule has 2 aromatic rings. The number of hydrogen-bond donors (Lipinski definition) is 0. The van der Waals surface area contributed by atoms with E-state index in [0.29, 0.717) is 5.56 Å². The molecule has 1 aromatic carbocycles. The minimum atomic E-state index is -0.832. The van der Waals surface area contributed by atoms with Crippen LogP contribution in [0.25, 0.3) is 11.1 Å². The van der Waals surface area contributed by atoms with Gasteiger partial charge in [0.05, 0.1) is 5.69 Å². The van der Waals surface area contributed by atoms with Gasteiger partial charge < -0.3 is 0 Å². The number of hydrogen-bond acceptors (Lipinski definition) is 1. The van der Waals surface area contributed by atoms with Gasteiger partial charge in [0, 0.05) is 18.8 Å². The van der Waals surface area contributed by atoms with E-state index >= 15 is 0 Å².